The Labute approximate surface area is 175 Å². The number of nitrogens with one attached hydrogen (secondary N) is 1. The molecule has 0 radical (unpaired) electrons. The van der Waals surface area contributed by atoms with E-state index in [1.807, 2.05) is 0 Å². The van der Waals surface area contributed by atoms with E-state index in [9.17, 15) is 19.1 Å². The summed E-state index contributed by atoms with van der Waals surface area (Å²) in [6, 6.07) is 11.2. The fourth-order valence-electron chi connectivity index (χ4n) is 2.51. The first-order chi connectivity index (χ1) is 14.4. The standard InChI is InChI=1S/C20H18FN3O5S/c1-28-16-8-13(4-7-15(16)29-11-12-2-5-14(21)6-3-12)10-22-24-20-23-19(27)17(30-20)9-18(25)26/h2-8,10,17H,9,11H2,1H3,(H,25,26)(H,23,24,27)/p-1/b22-10-/t17-/m0/s1. The molecule has 8 nitrogen and oxygen atoms in total. The van der Waals surface area contributed by atoms with E-state index in [1.165, 1.54) is 25.5 Å². The predicted octanol–water partition coefficient (Wildman–Crippen LogP) is 1.47. The summed E-state index contributed by atoms with van der Waals surface area (Å²) in [5.74, 6) is -1.07. The molecule has 0 aliphatic carbocycles. The van der Waals surface area contributed by atoms with Crippen molar-refractivity contribution < 1.29 is 28.6 Å². The smallest absolute Gasteiger partial charge is 0.239 e. The van der Waals surface area contributed by atoms with Crippen LogP contribution < -0.4 is 19.9 Å². The lowest BCUT2D eigenvalue weighted by atomic mass is 10.2. The molecule has 0 unspecified atom stereocenters. The molecule has 0 bridgehead atoms. The van der Waals surface area contributed by atoms with Crippen LogP contribution in [0, 0.1) is 5.82 Å². The lowest BCUT2D eigenvalue weighted by Crippen LogP contribution is -2.31. The topological polar surface area (TPSA) is 112 Å². The minimum atomic E-state index is -1.30. The maximum Gasteiger partial charge on any atom is 0.239 e. The maximum atomic E-state index is 13.0. The number of carboxylic acids is 1. The second kappa shape index (κ2) is 9.88. The van der Waals surface area contributed by atoms with Gasteiger partial charge in [-0.3, -0.25) is 4.79 Å². The third-order valence-electron chi connectivity index (χ3n) is 3.98. The summed E-state index contributed by atoms with van der Waals surface area (Å²) in [5, 5.41) is 20.3. The predicted molar refractivity (Wildman–Crippen MR) is 108 cm³/mol. The van der Waals surface area contributed by atoms with Crippen LogP contribution in [0.3, 0.4) is 0 Å². The van der Waals surface area contributed by atoms with Crippen molar-refractivity contribution in [2.75, 3.05) is 7.11 Å². The van der Waals surface area contributed by atoms with Crippen LogP contribution in [0.5, 0.6) is 11.5 Å². The number of hydrogen-bond acceptors (Lipinski definition) is 8. The van der Waals surface area contributed by atoms with Gasteiger partial charge in [0.25, 0.3) is 0 Å². The lowest BCUT2D eigenvalue weighted by molar-refractivity contribution is -0.305. The molecule has 0 saturated carbocycles. The number of carbonyl (C=O) groups excluding carboxylic acids is 2. The van der Waals surface area contributed by atoms with Crippen LogP contribution in [0.4, 0.5) is 4.39 Å². The summed E-state index contributed by atoms with van der Waals surface area (Å²) in [6.45, 7) is 0.252. The Morgan fingerprint density at radius 1 is 1.27 bits per heavy atom. The van der Waals surface area contributed by atoms with Crippen LogP contribution in [0.2, 0.25) is 0 Å². The number of benzene rings is 2. The van der Waals surface area contributed by atoms with Crippen molar-refractivity contribution in [1.82, 2.24) is 5.32 Å². The molecular formula is C20H17FN3O5S-. The van der Waals surface area contributed by atoms with E-state index in [-0.39, 0.29) is 17.6 Å². The van der Waals surface area contributed by atoms with Crippen molar-refractivity contribution in [1.29, 1.82) is 0 Å². The minimum absolute atomic E-state index is 0.216. The van der Waals surface area contributed by atoms with Crippen molar-refractivity contribution in [3.05, 3.63) is 59.4 Å². The molecule has 10 heteroatoms. The van der Waals surface area contributed by atoms with Crippen LogP contribution in [0.25, 0.3) is 0 Å². The highest BCUT2D eigenvalue weighted by Crippen LogP contribution is 2.28. The van der Waals surface area contributed by atoms with E-state index in [1.54, 1.807) is 30.3 Å². The number of rotatable bonds is 8. The Balaban J connectivity index is 1.62. The minimum Gasteiger partial charge on any atom is -0.550 e. The monoisotopic (exact) mass is 430 g/mol. The number of nitrogens with zero attached hydrogens (tertiary/aromatic N) is 2. The van der Waals surface area contributed by atoms with Crippen molar-refractivity contribution >= 4 is 35.0 Å². The molecule has 2 aromatic rings. The number of amidine groups is 1. The van der Waals surface area contributed by atoms with Gasteiger partial charge in [-0.25, -0.2) is 4.39 Å². The Morgan fingerprint density at radius 3 is 2.73 bits per heavy atom. The Morgan fingerprint density at radius 2 is 2.03 bits per heavy atom. The molecule has 1 saturated heterocycles. The average molecular weight is 430 g/mol. The van der Waals surface area contributed by atoms with Gasteiger partial charge in [-0.1, -0.05) is 23.9 Å². The van der Waals surface area contributed by atoms with E-state index in [2.05, 4.69) is 15.5 Å². The number of aliphatic carboxylic acids is 1. The van der Waals surface area contributed by atoms with Gasteiger partial charge in [-0.2, -0.15) is 5.10 Å². The van der Waals surface area contributed by atoms with E-state index < -0.39 is 23.5 Å². The highest BCUT2D eigenvalue weighted by molar-refractivity contribution is 8.15. The number of methoxy groups -OCH3 is 1. The van der Waals surface area contributed by atoms with E-state index in [4.69, 9.17) is 9.47 Å². The molecule has 1 N–H and O–H groups in total. The number of amides is 1. The normalized spacial score (nSPS) is 17.3. The van der Waals surface area contributed by atoms with Crippen molar-refractivity contribution in [2.24, 2.45) is 10.2 Å². The Bertz CT molecular complexity index is 994. The summed E-state index contributed by atoms with van der Waals surface area (Å²) >= 11 is 0.984. The zero-order chi connectivity index (χ0) is 21.5. The lowest BCUT2D eigenvalue weighted by Gasteiger charge is -2.11. The van der Waals surface area contributed by atoms with Gasteiger partial charge in [0.05, 0.1) is 18.6 Å². The van der Waals surface area contributed by atoms with Crippen LogP contribution in [0.1, 0.15) is 17.5 Å². The fraction of sp³-hybridized carbons (Fsp3) is 0.200. The van der Waals surface area contributed by atoms with Gasteiger partial charge in [-0.05, 0) is 41.5 Å². The molecule has 0 spiro atoms. The van der Waals surface area contributed by atoms with Crippen molar-refractivity contribution in [3.63, 3.8) is 0 Å². The fourth-order valence-corrected chi connectivity index (χ4v) is 3.42. The van der Waals surface area contributed by atoms with Gasteiger partial charge < -0.3 is 24.7 Å². The first-order valence-corrected chi connectivity index (χ1v) is 9.66. The number of thioether (sulfide) groups is 1. The molecule has 1 aliphatic rings. The Hall–Kier alpha value is -3.40. The highest BCUT2D eigenvalue weighted by atomic mass is 32.2. The number of ether oxygens (including phenoxy) is 2. The summed E-state index contributed by atoms with van der Waals surface area (Å²) < 4.78 is 24.0. The van der Waals surface area contributed by atoms with E-state index in [0.29, 0.717) is 17.1 Å². The third kappa shape index (κ3) is 5.80. The Kier molecular flexibility index (Phi) is 7.02. The SMILES string of the molecule is COc1cc(/C=N\N=C2\NC(=O)[C@H](CC(=O)[O-])S2)ccc1OCc1ccc(F)cc1. The summed E-state index contributed by atoms with van der Waals surface area (Å²) in [6.07, 6.45) is 1.06. The van der Waals surface area contributed by atoms with Crippen LogP contribution >= 0.6 is 11.8 Å². The quantitative estimate of drug-likeness (QED) is 0.501. The van der Waals surface area contributed by atoms with Gasteiger partial charge in [0.15, 0.2) is 16.7 Å². The molecule has 0 aromatic heterocycles. The molecule has 1 fully saturated rings. The van der Waals surface area contributed by atoms with Crippen molar-refractivity contribution in [3.8, 4) is 11.5 Å². The molecule has 1 atom stereocenters. The molecule has 1 amide bonds. The van der Waals surface area contributed by atoms with Crippen LogP contribution in [-0.2, 0) is 16.2 Å². The second-order valence-electron chi connectivity index (χ2n) is 6.15. The molecule has 2 aromatic carbocycles. The van der Waals surface area contributed by atoms with Crippen LogP contribution in [-0.4, -0.2) is 35.6 Å². The molecule has 1 heterocycles. The number of carbonyl (C=O) groups is 2. The van der Waals surface area contributed by atoms with Gasteiger partial charge >= 0.3 is 0 Å². The summed E-state index contributed by atoms with van der Waals surface area (Å²) in [5.41, 5.74) is 1.49. The summed E-state index contributed by atoms with van der Waals surface area (Å²) in [7, 11) is 1.50. The average Bonchev–Trinajstić information content (AvgIpc) is 3.06. The molecule has 1 aliphatic heterocycles. The largest absolute Gasteiger partial charge is 0.550 e. The van der Waals surface area contributed by atoms with Gasteiger partial charge in [-0.15, -0.1) is 5.10 Å². The second-order valence-corrected chi connectivity index (χ2v) is 7.34. The third-order valence-corrected chi connectivity index (χ3v) is 5.05. The van der Waals surface area contributed by atoms with Gasteiger partial charge in [0.1, 0.15) is 12.4 Å². The van der Waals surface area contributed by atoms with E-state index >= 15 is 0 Å². The molecule has 3 rings (SSSR count). The van der Waals surface area contributed by atoms with Crippen LogP contribution in [0.15, 0.2) is 52.7 Å². The number of halogens is 1. The first-order valence-electron chi connectivity index (χ1n) is 8.78. The first kappa shape index (κ1) is 21.3. The van der Waals surface area contributed by atoms with Gasteiger partial charge in [0.2, 0.25) is 5.91 Å². The summed E-state index contributed by atoms with van der Waals surface area (Å²) in [4.78, 5) is 22.3. The maximum absolute atomic E-state index is 13.0. The zero-order valence-electron chi connectivity index (χ0n) is 15.8. The molecule has 156 valence electrons. The van der Waals surface area contributed by atoms with E-state index in [0.717, 1.165) is 17.3 Å². The molecule has 30 heavy (non-hydrogen) atoms. The molecular weight excluding hydrogens is 413 g/mol. The zero-order valence-corrected chi connectivity index (χ0v) is 16.6. The number of hydrogen-bond donors (Lipinski definition) is 1. The van der Waals surface area contributed by atoms with Crippen molar-refractivity contribution in [2.45, 2.75) is 18.3 Å². The van der Waals surface area contributed by atoms with Gasteiger partial charge in [0, 0.05) is 12.4 Å². The highest BCUT2D eigenvalue weighted by Gasteiger charge is 2.30. The number of carboxylic acid groups (broad SMARTS) is 1.